The minimum absolute atomic E-state index is 0.115. The van der Waals surface area contributed by atoms with Gasteiger partial charge in [-0.05, 0) is 48.3 Å². The first-order chi connectivity index (χ1) is 17.2. The predicted octanol–water partition coefficient (Wildman–Crippen LogP) is 4.44. The van der Waals surface area contributed by atoms with Crippen LogP contribution in [-0.4, -0.2) is 63.8 Å². The van der Waals surface area contributed by atoms with Gasteiger partial charge in [-0.2, -0.15) is 0 Å². The highest BCUT2D eigenvalue weighted by Crippen LogP contribution is 2.44. The van der Waals surface area contributed by atoms with Crippen LogP contribution in [0.2, 0.25) is 0 Å². The fraction of sp³-hybridized carbons (Fsp3) is 0.556. The van der Waals surface area contributed by atoms with Crippen molar-refractivity contribution in [3.63, 3.8) is 0 Å². The van der Waals surface area contributed by atoms with Gasteiger partial charge in [0.05, 0.1) is 45.2 Å². The van der Waals surface area contributed by atoms with Gasteiger partial charge in [-0.3, -0.25) is 14.5 Å². The van der Waals surface area contributed by atoms with Crippen molar-refractivity contribution in [2.45, 2.75) is 40.0 Å². The number of nitrogens with zero attached hydrogens (tertiary/aromatic N) is 1. The van der Waals surface area contributed by atoms with Gasteiger partial charge in [0.25, 0.3) is 5.91 Å². The molecule has 1 aliphatic carbocycles. The highest BCUT2D eigenvalue weighted by atomic mass is 32.1. The number of carbonyl (C=O) groups is 2. The molecule has 1 atom stereocenters. The first-order valence-electron chi connectivity index (χ1n) is 12.5. The molecule has 196 valence electrons. The lowest BCUT2D eigenvalue weighted by atomic mass is 9.72. The molecule has 1 aromatic carbocycles. The smallest absolute Gasteiger partial charge is 0.259 e. The van der Waals surface area contributed by atoms with Gasteiger partial charge < -0.3 is 24.8 Å². The molecule has 2 heterocycles. The van der Waals surface area contributed by atoms with Crippen LogP contribution in [0.15, 0.2) is 18.2 Å². The Kier molecular flexibility index (Phi) is 8.22. The zero-order valence-corrected chi connectivity index (χ0v) is 22.7. The van der Waals surface area contributed by atoms with E-state index in [1.165, 1.54) is 16.2 Å². The molecule has 0 bridgehead atoms. The Labute approximate surface area is 217 Å². The summed E-state index contributed by atoms with van der Waals surface area (Å²) in [4.78, 5) is 29.9. The van der Waals surface area contributed by atoms with E-state index in [9.17, 15) is 9.59 Å². The molecule has 2 N–H and O–H groups in total. The standard InChI is InChI=1S/C27H37N3O5S/c1-27(2,3)17-6-8-19-22(14-17)36-26(29-23(31)16-30-10-12-35-13-11-30)24(19)25(32)28-20-15-18(33-4)7-9-21(20)34-5/h7,9,15,17H,6,8,10-14,16H2,1-5H3,(H,28,32)(H,29,31)/t17-/m1/s1. The highest BCUT2D eigenvalue weighted by Gasteiger charge is 2.34. The fourth-order valence-corrected chi connectivity index (χ4v) is 6.22. The van der Waals surface area contributed by atoms with Gasteiger partial charge in [-0.15, -0.1) is 11.3 Å². The van der Waals surface area contributed by atoms with Crippen LogP contribution in [0.25, 0.3) is 0 Å². The second-order valence-corrected chi connectivity index (χ2v) is 11.6. The van der Waals surface area contributed by atoms with Crippen LogP contribution >= 0.6 is 11.3 Å². The highest BCUT2D eigenvalue weighted by molar-refractivity contribution is 7.17. The Morgan fingerprint density at radius 2 is 1.89 bits per heavy atom. The molecule has 2 aliphatic rings. The van der Waals surface area contributed by atoms with E-state index < -0.39 is 0 Å². The fourth-order valence-electron chi connectivity index (χ4n) is 4.88. The quantitative estimate of drug-likeness (QED) is 0.567. The van der Waals surface area contributed by atoms with Gasteiger partial charge in [0.2, 0.25) is 5.91 Å². The largest absolute Gasteiger partial charge is 0.497 e. The molecule has 1 aromatic heterocycles. The van der Waals surface area contributed by atoms with Crippen LogP contribution < -0.4 is 20.1 Å². The van der Waals surface area contributed by atoms with Crippen LogP contribution in [0.5, 0.6) is 11.5 Å². The minimum atomic E-state index is -0.255. The molecule has 2 amide bonds. The Morgan fingerprint density at radius 1 is 1.14 bits per heavy atom. The number of methoxy groups -OCH3 is 2. The summed E-state index contributed by atoms with van der Waals surface area (Å²) in [6, 6.07) is 5.28. The van der Waals surface area contributed by atoms with E-state index in [-0.39, 0.29) is 23.8 Å². The van der Waals surface area contributed by atoms with Crippen molar-refractivity contribution in [3.05, 3.63) is 34.2 Å². The Bertz CT molecular complexity index is 1100. The van der Waals surface area contributed by atoms with Crippen molar-refractivity contribution in [2.24, 2.45) is 11.3 Å². The summed E-state index contributed by atoms with van der Waals surface area (Å²) in [5.74, 6) is 1.31. The summed E-state index contributed by atoms with van der Waals surface area (Å²) in [6.45, 7) is 9.80. The number of fused-ring (bicyclic) bond motifs is 1. The van der Waals surface area contributed by atoms with E-state index in [2.05, 4.69) is 36.3 Å². The molecule has 9 heteroatoms. The van der Waals surface area contributed by atoms with Crippen molar-refractivity contribution in [1.29, 1.82) is 0 Å². The van der Waals surface area contributed by atoms with Gasteiger partial charge >= 0.3 is 0 Å². The van der Waals surface area contributed by atoms with E-state index in [0.717, 1.165) is 37.9 Å². The summed E-state index contributed by atoms with van der Waals surface area (Å²) in [7, 11) is 3.14. The van der Waals surface area contributed by atoms with Crippen LogP contribution in [0, 0.1) is 11.3 Å². The molecule has 0 unspecified atom stereocenters. The maximum absolute atomic E-state index is 13.7. The lowest BCUT2D eigenvalue weighted by Crippen LogP contribution is -2.41. The van der Waals surface area contributed by atoms with Crippen molar-refractivity contribution in [2.75, 3.05) is 57.7 Å². The number of rotatable bonds is 7. The Hall–Kier alpha value is -2.62. The van der Waals surface area contributed by atoms with Crippen LogP contribution in [0.4, 0.5) is 10.7 Å². The Morgan fingerprint density at radius 3 is 2.56 bits per heavy atom. The number of anilines is 2. The molecule has 0 radical (unpaired) electrons. The first kappa shape index (κ1) is 26.4. The molecular formula is C27H37N3O5S. The van der Waals surface area contributed by atoms with E-state index in [4.69, 9.17) is 14.2 Å². The van der Waals surface area contributed by atoms with E-state index in [1.807, 2.05) is 0 Å². The number of nitrogens with one attached hydrogen (secondary N) is 2. The van der Waals surface area contributed by atoms with Gasteiger partial charge in [0.1, 0.15) is 16.5 Å². The zero-order chi connectivity index (χ0) is 25.9. The number of hydrogen-bond acceptors (Lipinski definition) is 7. The average Bonchev–Trinajstić information content (AvgIpc) is 3.20. The van der Waals surface area contributed by atoms with Crippen molar-refractivity contribution < 1.29 is 23.8 Å². The number of amides is 2. The summed E-state index contributed by atoms with van der Waals surface area (Å²) < 4.78 is 16.2. The number of morpholine rings is 1. The van der Waals surface area contributed by atoms with Crippen molar-refractivity contribution in [3.8, 4) is 11.5 Å². The average molecular weight is 516 g/mol. The van der Waals surface area contributed by atoms with Crippen molar-refractivity contribution >= 4 is 33.8 Å². The predicted molar refractivity (Wildman–Crippen MR) is 143 cm³/mol. The number of ether oxygens (including phenoxy) is 3. The van der Waals surface area contributed by atoms with Crippen molar-refractivity contribution in [1.82, 2.24) is 4.90 Å². The molecule has 0 spiro atoms. The maximum Gasteiger partial charge on any atom is 0.259 e. The van der Waals surface area contributed by atoms with Crippen LogP contribution in [0.1, 0.15) is 48.0 Å². The monoisotopic (exact) mass is 515 g/mol. The SMILES string of the molecule is COc1ccc(OC)c(NC(=O)c2c(NC(=O)CN3CCOCC3)sc3c2CC[C@@H](C(C)(C)C)C3)c1. The van der Waals surface area contributed by atoms with Gasteiger partial charge in [0, 0.05) is 24.0 Å². The molecule has 0 saturated carbocycles. The third-order valence-electron chi connectivity index (χ3n) is 7.10. The van der Waals surface area contributed by atoms with Gasteiger partial charge in [-0.1, -0.05) is 20.8 Å². The molecule has 8 nitrogen and oxygen atoms in total. The van der Waals surface area contributed by atoms with Crippen LogP contribution in [-0.2, 0) is 22.4 Å². The van der Waals surface area contributed by atoms with Crippen LogP contribution in [0.3, 0.4) is 0 Å². The lowest BCUT2D eigenvalue weighted by Gasteiger charge is -2.33. The Balaban J connectivity index is 1.63. The minimum Gasteiger partial charge on any atom is -0.497 e. The summed E-state index contributed by atoms with van der Waals surface area (Å²) in [5, 5.41) is 6.69. The molecule has 4 rings (SSSR count). The third-order valence-corrected chi connectivity index (χ3v) is 8.27. The summed E-state index contributed by atoms with van der Waals surface area (Å²) in [5.41, 5.74) is 2.30. The maximum atomic E-state index is 13.7. The summed E-state index contributed by atoms with van der Waals surface area (Å²) in [6.07, 6.45) is 2.73. The molecular weight excluding hydrogens is 478 g/mol. The molecule has 1 aliphatic heterocycles. The number of hydrogen-bond donors (Lipinski definition) is 2. The second kappa shape index (κ2) is 11.2. The summed E-state index contributed by atoms with van der Waals surface area (Å²) >= 11 is 1.54. The van der Waals surface area contributed by atoms with E-state index >= 15 is 0 Å². The van der Waals surface area contributed by atoms with E-state index in [0.29, 0.717) is 46.9 Å². The molecule has 2 aromatic rings. The number of benzene rings is 1. The molecule has 1 saturated heterocycles. The van der Waals surface area contributed by atoms with Gasteiger partial charge in [0.15, 0.2) is 0 Å². The second-order valence-electron chi connectivity index (χ2n) is 10.5. The lowest BCUT2D eigenvalue weighted by molar-refractivity contribution is -0.118. The van der Waals surface area contributed by atoms with Gasteiger partial charge in [-0.25, -0.2) is 0 Å². The first-order valence-corrected chi connectivity index (χ1v) is 13.3. The zero-order valence-electron chi connectivity index (χ0n) is 21.9. The normalized spacial score (nSPS) is 18.3. The number of thiophene rings is 1. The van der Waals surface area contributed by atoms with E-state index in [1.54, 1.807) is 32.4 Å². The topological polar surface area (TPSA) is 89.1 Å². The molecule has 36 heavy (non-hydrogen) atoms. The number of carbonyl (C=O) groups excluding carboxylic acids is 2. The molecule has 1 fully saturated rings. The third kappa shape index (κ3) is 6.02.